The summed E-state index contributed by atoms with van der Waals surface area (Å²) < 4.78 is 3.09. The molecule has 1 aliphatic carbocycles. The highest BCUT2D eigenvalue weighted by atomic mass is 35.5. The first-order valence-electron chi connectivity index (χ1n) is 10.4. The van der Waals surface area contributed by atoms with Gasteiger partial charge in [0, 0.05) is 23.0 Å². The second-order valence-corrected chi connectivity index (χ2v) is 8.76. The fourth-order valence-corrected chi connectivity index (χ4v) is 3.93. The lowest BCUT2D eigenvalue weighted by molar-refractivity contribution is -0.122. The average Bonchev–Trinajstić information content (AvgIpc) is 3.50. The predicted molar refractivity (Wildman–Crippen MR) is 119 cm³/mol. The number of carbonyl (C=O) groups is 1. The monoisotopic (exact) mass is 423 g/mol. The SMILES string of the molecule is Cc1cccc(C(C)CC(=O)C(C)n2nc(-c3ccc(Cl)cc3)n(C3CC3)c2=O)c1. The van der Waals surface area contributed by atoms with Gasteiger partial charge in [0.2, 0.25) is 0 Å². The molecule has 0 N–H and O–H groups in total. The minimum atomic E-state index is -0.615. The average molecular weight is 424 g/mol. The van der Waals surface area contributed by atoms with E-state index in [0.717, 1.165) is 24.0 Å². The molecule has 2 unspecified atom stereocenters. The molecule has 4 rings (SSSR count). The Morgan fingerprint density at radius 2 is 1.87 bits per heavy atom. The van der Waals surface area contributed by atoms with Gasteiger partial charge in [0.25, 0.3) is 0 Å². The van der Waals surface area contributed by atoms with Crippen molar-refractivity contribution in [2.45, 2.75) is 58.0 Å². The van der Waals surface area contributed by atoms with Gasteiger partial charge in [-0.15, -0.1) is 5.10 Å². The number of hydrogen-bond donors (Lipinski definition) is 0. The first-order chi connectivity index (χ1) is 14.3. The maximum atomic E-state index is 13.1. The number of Topliss-reactive ketones (excluding diaryl/α,β-unsaturated/α-hetero) is 1. The maximum absolute atomic E-state index is 13.1. The summed E-state index contributed by atoms with van der Waals surface area (Å²) in [5.74, 6) is 0.691. The number of halogens is 1. The molecule has 0 saturated heterocycles. The summed E-state index contributed by atoms with van der Waals surface area (Å²) in [5.41, 5.74) is 2.92. The van der Waals surface area contributed by atoms with Crippen LogP contribution in [0.4, 0.5) is 0 Å². The van der Waals surface area contributed by atoms with Gasteiger partial charge >= 0.3 is 5.69 Å². The van der Waals surface area contributed by atoms with Gasteiger partial charge in [-0.3, -0.25) is 9.36 Å². The molecule has 0 spiro atoms. The van der Waals surface area contributed by atoms with Gasteiger partial charge in [0.15, 0.2) is 11.6 Å². The molecule has 3 aromatic rings. The van der Waals surface area contributed by atoms with Gasteiger partial charge in [-0.1, -0.05) is 48.4 Å². The summed E-state index contributed by atoms with van der Waals surface area (Å²) in [6.45, 7) is 5.86. The van der Waals surface area contributed by atoms with Crippen molar-refractivity contribution < 1.29 is 4.79 Å². The van der Waals surface area contributed by atoms with E-state index < -0.39 is 6.04 Å². The van der Waals surface area contributed by atoms with Gasteiger partial charge in [0.05, 0.1) is 0 Å². The number of aryl methyl sites for hydroxylation is 1. The summed E-state index contributed by atoms with van der Waals surface area (Å²) in [6.07, 6.45) is 2.28. The van der Waals surface area contributed by atoms with E-state index in [2.05, 4.69) is 11.2 Å². The number of ketones is 1. The molecule has 1 aliphatic rings. The van der Waals surface area contributed by atoms with Crippen LogP contribution in [-0.2, 0) is 4.79 Å². The third-order valence-corrected chi connectivity index (χ3v) is 6.05. The van der Waals surface area contributed by atoms with E-state index in [9.17, 15) is 9.59 Å². The Morgan fingerprint density at radius 1 is 1.17 bits per heavy atom. The lowest BCUT2D eigenvalue weighted by atomic mass is 9.93. The number of benzene rings is 2. The van der Waals surface area contributed by atoms with Gasteiger partial charge in [-0.25, -0.2) is 9.48 Å². The van der Waals surface area contributed by atoms with E-state index in [0.29, 0.717) is 17.3 Å². The first-order valence-corrected chi connectivity index (χ1v) is 10.8. The van der Waals surface area contributed by atoms with Crippen LogP contribution in [0.15, 0.2) is 53.3 Å². The van der Waals surface area contributed by atoms with Crippen LogP contribution in [0.1, 0.15) is 62.2 Å². The van der Waals surface area contributed by atoms with E-state index in [1.165, 1.54) is 10.2 Å². The quantitative estimate of drug-likeness (QED) is 0.515. The van der Waals surface area contributed by atoms with Crippen LogP contribution in [0, 0.1) is 6.92 Å². The molecule has 156 valence electrons. The van der Waals surface area contributed by atoms with Gasteiger partial charge < -0.3 is 0 Å². The second kappa shape index (κ2) is 8.23. The smallest absolute Gasteiger partial charge is 0.297 e. The van der Waals surface area contributed by atoms with Crippen LogP contribution < -0.4 is 5.69 Å². The van der Waals surface area contributed by atoms with Crippen molar-refractivity contribution in [2.75, 3.05) is 0 Å². The largest absolute Gasteiger partial charge is 0.347 e. The molecule has 0 aliphatic heterocycles. The molecule has 2 aromatic carbocycles. The number of nitrogens with zero attached hydrogens (tertiary/aromatic N) is 3. The minimum Gasteiger partial charge on any atom is -0.297 e. The second-order valence-electron chi connectivity index (χ2n) is 8.32. The van der Waals surface area contributed by atoms with E-state index in [4.69, 9.17) is 11.6 Å². The van der Waals surface area contributed by atoms with E-state index in [-0.39, 0.29) is 23.4 Å². The molecule has 0 amide bonds. The van der Waals surface area contributed by atoms with E-state index in [1.807, 2.05) is 44.2 Å². The summed E-state index contributed by atoms with van der Waals surface area (Å²) >= 11 is 6.01. The predicted octanol–water partition coefficient (Wildman–Crippen LogP) is 5.33. The van der Waals surface area contributed by atoms with E-state index >= 15 is 0 Å². The third-order valence-electron chi connectivity index (χ3n) is 5.80. The lowest BCUT2D eigenvalue weighted by Gasteiger charge is -2.15. The lowest BCUT2D eigenvalue weighted by Crippen LogP contribution is -2.31. The third kappa shape index (κ3) is 4.12. The van der Waals surface area contributed by atoms with E-state index in [1.54, 1.807) is 23.6 Å². The number of carbonyl (C=O) groups excluding carboxylic acids is 1. The summed E-state index contributed by atoms with van der Waals surface area (Å²) in [4.78, 5) is 26.2. The molecule has 1 heterocycles. The van der Waals surface area contributed by atoms with Crippen molar-refractivity contribution in [3.63, 3.8) is 0 Å². The Labute approximate surface area is 181 Å². The van der Waals surface area contributed by atoms with Crippen LogP contribution in [0.5, 0.6) is 0 Å². The van der Waals surface area contributed by atoms with Crippen molar-refractivity contribution in [3.05, 3.63) is 75.2 Å². The van der Waals surface area contributed by atoms with Crippen molar-refractivity contribution in [2.24, 2.45) is 0 Å². The molecule has 0 bridgehead atoms. The standard InChI is InChI=1S/C24H26ClN3O2/c1-15-5-4-6-19(13-15)16(2)14-22(29)17(3)28-24(30)27(21-11-12-21)23(26-28)18-7-9-20(25)10-8-18/h4-10,13,16-17,21H,11-12,14H2,1-3H3. The summed E-state index contributed by atoms with van der Waals surface area (Å²) in [6, 6.07) is 15.0. The summed E-state index contributed by atoms with van der Waals surface area (Å²) in [5, 5.41) is 5.22. The fraction of sp³-hybridized carbons (Fsp3) is 0.375. The van der Waals surface area contributed by atoms with Gasteiger partial charge in [-0.05, 0) is 62.4 Å². The summed E-state index contributed by atoms with van der Waals surface area (Å²) in [7, 11) is 0. The molecule has 0 radical (unpaired) electrons. The Balaban J connectivity index is 1.61. The normalized spacial score (nSPS) is 15.7. The van der Waals surface area contributed by atoms with Crippen molar-refractivity contribution in [1.29, 1.82) is 0 Å². The number of aromatic nitrogens is 3. The Hall–Kier alpha value is -2.66. The van der Waals surface area contributed by atoms with Crippen molar-refractivity contribution in [3.8, 4) is 11.4 Å². The van der Waals surface area contributed by atoms with Gasteiger partial charge in [-0.2, -0.15) is 0 Å². The van der Waals surface area contributed by atoms with Crippen molar-refractivity contribution in [1.82, 2.24) is 14.3 Å². The van der Waals surface area contributed by atoms with Crippen LogP contribution in [0.3, 0.4) is 0 Å². The number of hydrogen-bond acceptors (Lipinski definition) is 3. The van der Waals surface area contributed by atoms with Crippen LogP contribution >= 0.6 is 11.6 Å². The molecule has 1 aromatic heterocycles. The first kappa shape index (κ1) is 20.6. The Kier molecular flexibility index (Phi) is 5.65. The fourth-order valence-electron chi connectivity index (χ4n) is 3.81. The highest BCUT2D eigenvalue weighted by Gasteiger charge is 2.32. The zero-order valence-corrected chi connectivity index (χ0v) is 18.3. The molecule has 2 atom stereocenters. The zero-order valence-electron chi connectivity index (χ0n) is 17.5. The zero-order chi connectivity index (χ0) is 21.4. The highest BCUT2D eigenvalue weighted by Crippen LogP contribution is 2.37. The highest BCUT2D eigenvalue weighted by molar-refractivity contribution is 6.30. The Bertz CT molecular complexity index is 1130. The molecule has 1 saturated carbocycles. The molecule has 5 nitrogen and oxygen atoms in total. The van der Waals surface area contributed by atoms with Crippen LogP contribution in [0.25, 0.3) is 11.4 Å². The Morgan fingerprint density at radius 3 is 2.50 bits per heavy atom. The molecular weight excluding hydrogens is 398 g/mol. The number of rotatable bonds is 7. The van der Waals surface area contributed by atoms with Gasteiger partial charge in [0.1, 0.15) is 6.04 Å². The van der Waals surface area contributed by atoms with Crippen molar-refractivity contribution >= 4 is 17.4 Å². The topological polar surface area (TPSA) is 56.9 Å². The van der Waals surface area contributed by atoms with Crippen LogP contribution in [-0.4, -0.2) is 20.1 Å². The molecule has 6 heteroatoms. The molecular formula is C24H26ClN3O2. The molecule has 30 heavy (non-hydrogen) atoms. The minimum absolute atomic E-state index is 0.00853. The van der Waals surface area contributed by atoms with Crippen LogP contribution in [0.2, 0.25) is 5.02 Å². The molecule has 1 fully saturated rings. The maximum Gasteiger partial charge on any atom is 0.347 e.